The highest BCUT2D eigenvalue weighted by atomic mass is 35.5. The highest BCUT2D eigenvalue weighted by molar-refractivity contribution is 6.31. The van der Waals surface area contributed by atoms with E-state index in [0.717, 1.165) is 30.1 Å². The molecule has 2 aromatic carbocycles. The zero-order valence-electron chi connectivity index (χ0n) is 16.9. The van der Waals surface area contributed by atoms with E-state index in [-0.39, 0.29) is 18.6 Å². The standard InChI is InChI=1S/C23H29ClN2O2/c1-16-10-12-26(13-11-16)20-6-4-19(5-7-20)18(3)25-23(27)15-28-21-8-9-22(24)17(2)14-21/h4-9,14,16,18H,10-13,15H2,1-3H3,(H,25,27)/t18-/m0/s1. The lowest BCUT2D eigenvalue weighted by atomic mass is 9.98. The van der Waals surface area contributed by atoms with Crippen molar-refractivity contribution in [2.24, 2.45) is 5.92 Å². The zero-order chi connectivity index (χ0) is 20.1. The van der Waals surface area contributed by atoms with Gasteiger partial charge >= 0.3 is 0 Å². The molecule has 1 atom stereocenters. The van der Waals surface area contributed by atoms with Crippen LogP contribution in [0.15, 0.2) is 42.5 Å². The summed E-state index contributed by atoms with van der Waals surface area (Å²) in [6, 6.07) is 13.8. The number of carbonyl (C=O) groups excluding carboxylic acids is 1. The highest BCUT2D eigenvalue weighted by Gasteiger charge is 2.16. The fourth-order valence-electron chi connectivity index (χ4n) is 3.46. The molecule has 0 unspecified atom stereocenters. The SMILES string of the molecule is Cc1cc(OCC(=O)N[C@@H](C)c2ccc(N3CCC(C)CC3)cc2)ccc1Cl. The van der Waals surface area contributed by atoms with E-state index < -0.39 is 0 Å². The summed E-state index contributed by atoms with van der Waals surface area (Å²) in [5.41, 5.74) is 3.27. The Labute approximate surface area is 172 Å². The lowest BCUT2D eigenvalue weighted by Gasteiger charge is -2.32. The molecular formula is C23H29ClN2O2. The Kier molecular flexibility index (Phi) is 6.84. The van der Waals surface area contributed by atoms with Crippen LogP contribution in [0.5, 0.6) is 5.75 Å². The molecular weight excluding hydrogens is 372 g/mol. The van der Waals surface area contributed by atoms with Crippen molar-refractivity contribution in [1.29, 1.82) is 0 Å². The minimum absolute atomic E-state index is 0.0184. The van der Waals surface area contributed by atoms with E-state index in [1.54, 1.807) is 12.1 Å². The first kappa shape index (κ1) is 20.5. The molecule has 3 rings (SSSR count). The number of carbonyl (C=O) groups is 1. The smallest absolute Gasteiger partial charge is 0.258 e. The summed E-state index contributed by atoms with van der Waals surface area (Å²) < 4.78 is 5.57. The van der Waals surface area contributed by atoms with E-state index >= 15 is 0 Å². The third-order valence-electron chi connectivity index (χ3n) is 5.42. The average molecular weight is 401 g/mol. The maximum Gasteiger partial charge on any atom is 0.258 e. The Hall–Kier alpha value is -2.20. The van der Waals surface area contributed by atoms with Gasteiger partial charge in [0.15, 0.2) is 6.61 Å². The van der Waals surface area contributed by atoms with Crippen molar-refractivity contribution in [3.63, 3.8) is 0 Å². The maximum atomic E-state index is 12.2. The van der Waals surface area contributed by atoms with Gasteiger partial charge in [-0.3, -0.25) is 4.79 Å². The normalized spacial score (nSPS) is 15.9. The minimum atomic E-state index is -0.144. The van der Waals surface area contributed by atoms with Gasteiger partial charge in [-0.05, 0) is 74.1 Å². The first-order valence-electron chi connectivity index (χ1n) is 9.95. The number of rotatable bonds is 6. The monoisotopic (exact) mass is 400 g/mol. The van der Waals surface area contributed by atoms with Gasteiger partial charge in [0.05, 0.1) is 6.04 Å². The molecule has 0 aliphatic carbocycles. The molecule has 150 valence electrons. The Balaban J connectivity index is 1.50. The number of nitrogens with zero attached hydrogens (tertiary/aromatic N) is 1. The molecule has 4 nitrogen and oxygen atoms in total. The molecule has 1 saturated heterocycles. The predicted octanol–water partition coefficient (Wildman–Crippen LogP) is 5.14. The predicted molar refractivity (Wildman–Crippen MR) is 115 cm³/mol. The number of aryl methyl sites for hydroxylation is 1. The average Bonchev–Trinajstić information content (AvgIpc) is 2.69. The number of piperidine rings is 1. The lowest BCUT2D eigenvalue weighted by Crippen LogP contribution is -2.33. The van der Waals surface area contributed by atoms with Gasteiger partial charge in [0.25, 0.3) is 5.91 Å². The van der Waals surface area contributed by atoms with Crippen LogP contribution in [0, 0.1) is 12.8 Å². The van der Waals surface area contributed by atoms with Gasteiger partial charge in [-0.2, -0.15) is 0 Å². The lowest BCUT2D eigenvalue weighted by molar-refractivity contribution is -0.123. The number of halogens is 1. The van der Waals surface area contributed by atoms with Crippen LogP contribution in [0.4, 0.5) is 5.69 Å². The van der Waals surface area contributed by atoms with Crippen molar-refractivity contribution in [2.75, 3.05) is 24.6 Å². The molecule has 1 heterocycles. The molecule has 1 fully saturated rings. The van der Waals surface area contributed by atoms with E-state index in [1.165, 1.54) is 18.5 Å². The summed E-state index contributed by atoms with van der Waals surface area (Å²) in [6.45, 7) is 8.44. The van der Waals surface area contributed by atoms with Crippen molar-refractivity contribution < 1.29 is 9.53 Å². The molecule has 1 N–H and O–H groups in total. The van der Waals surface area contributed by atoms with Gasteiger partial charge in [0.2, 0.25) is 0 Å². The van der Waals surface area contributed by atoms with Crippen LogP contribution < -0.4 is 15.0 Å². The molecule has 1 amide bonds. The van der Waals surface area contributed by atoms with Gasteiger partial charge < -0.3 is 15.0 Å². The first-order chi connectivity index (χ1) is 13.4. The number of hydrogen-bond acceptors (Lipinski definition) is 3. The topological polar surface area (TPSA) is 41.6 Å². The van der Waals surface area contributed by atoms with Gasteiger partial charge in [-0.25, -0.2) is 0 Å². The van der Waals surface area contributed by atoms with E-state index in [2.05, 4.69) is 41.4 Å². The summed E-state index contributed by atoms with van der Waals surface area (Å²) in [7, 11) is 0. The van der Waals surface area contributed by atoms with Crippen molar-refractivity contribution >= 4 is 23.2 Å². The van der Waals surface area contributed by atoms with E-state index in [0.29, 0.717) is 10.8 Å². The molecule has 5 heteroatoms. The number of nitrogens with one attached hydrogen (secondary N) is 1. The largest absolute Gasteiger partial charge is 0.484 e. The number of ether oxygens (including phenoxy) is 1. The van der Waals surface area contributed by atoms with Crippen LogP contribution in [0.2, 0.25) is 5.02 Å². The summed E-state index contributed by atoms with van der Waals surface area (Å²) in [5, 5.41) is 3.68. The number of anilines is 1. The second-order valence-corrected chi connectivity index (χ2v) is 8.16. The molecule has 1 aliphatic heterocycles. The fourth-order valence-corrected chi connectivity index (χ4v) is 3.58. The van der Waals surface area contributed by atoms with Crippen LogP contribution >= 0.6 is 11.6 Å². The zero-order valence-corrected chi connectivity index (χ0v) is 17.6. The van der Waals surface area contributed by atoms with Gasteiger partial charge in [-0.15, -0.1) is 0 Å². The van der Waals surface area contributed by atoms with Gasteiger partial charge in [0, 0.05) is 23.8 Å². The third kappa shape index (κ3) is 5.41. The van der Waals surface area contributed by atoms with E-state index in [4.69, 9.17) is 16.3 Å². The molecule has 1 aliphatic rings. The van der Waals surface area contributed by atoms with E-state index in [9.17, 15) is 4.79 Å². The maximum absolute atomic E-state index is 12.2. The van der Waals surface area contributed by atoms with Crippen molar-refractivity contribution in [1.82, 2.24) is 5.32 Å². The van der Waals surface area contributed by atoms with Gasteiger partial charge in [-0.1, -0.05) is 30.7 Å². The Morgan fingerprint density at radius 3 is 2.54 bits per heavy atom. The number of benzene rings is 2. The quantitative estimate of drug-likeness (QED) is 0.729. The van der Waals surface area contributed by atoms with Crippen LogP contribution in [0.25, 0.3) is 0 Å². The molecule has 28 heavy (non-hydrogen) atoms. The van der Waals surface area contributed by atoms with Gasteiger partial charge in [0.1, 0.15) is 5.75 Å². The Bertz CT molecular complexity index is 799. The highest BCUT2D eigenvalue weighted by Crippen LogP contribution is 2.25. The van der Waals surface area contributed by atoms with Crippen LogP contribution in [0.1, 0.15) is 43.9 Å². The Morgan fingerprint density at radius 1 is 1.21 bits per heavy atom. The first-order valence-corrected chi connectivity index (χ1v) is 10.3. The molecule has 0 radical (unpaired) electrons. The summed E-state index contributed by atoms with van der Waals surface area (Å²) in [4.78, 5) is 14.7. The second kappa shape index (κ2) is 9.33. The third-order valence-corrected chi connectivity index (χ3v) is 5.84. The van der Waals surface area contributed by atoms with Crippen LogP contribution in [-0.4, -0.2) is 25.6 Å². The molecule has 2 aromatic rings. The van der Waals surface area contributed by atoms with E-state index in [1.807, 2.05) is 19.9 Å². The molecule has 0 spiro atoms. The molecule has 0 aromatic heterocycles. The fraction of sp³-hybridized carbons (Fsp3) is 0.435. The van der Waals surface area contributed by atoms with Crippen LogP contribution in [-0.2, 0) is 4.79 Å². The number of amides is 1. The van der Waals surface area contributed by atoms with Crippen molar-refractivity contribution in [3.8, 4) is 5.75 Å². The molecule has 0 saturated carbocycles. The van der Waals surface area contributed by atoms with Crippen LogP contribution in [0.3, 0.4) is 0 Å². The summed E-state index contributed by atoms with van der Waals surface area (Å²) in [6.07, 6.45) is 2.50. The molecule has 0 bridgehead atoms. The Morgan fingerprint density at radius 2 is 1.89 bits per heavy atom. The minimum Gasteiger partial charge on any atom is -0.484 e. The van der Waals surface area contributed by atoms with Crippen molar-refractivity contribution in [3.05, 3.63) is 58.6 Å². The summed E-state index contributed by atoms with van der Waals surface area (Å²) >= 11 is 6.01. The number of hydrogen-bond donors (Lipinski definition) is 1. The van der Waals surface area contributed by atoms with Crippen molar-refractivity contribution in [2.45, 2.75) is 39.7 Å². The summed E-state index contributed by atoms with van der Waals surface area (Å²) in [5.74, 6) is 1.32. The second-order valence-electron chi connectivity index (χ2n) is 7.75.